The first kappa shape index (κ1) is 11.2. The monoisotopic (exact) mass is 218 g/mol. The molecule has 0 radical (unpaired) electrons. The Balaban J connectivity index is 2.17. The highest BCUT2D eigenvalue weighted by atomic mass is 16.5. The van der Waals surface area contributed by atoms with Crippen LogP contribution in [0.15, 0.2) is 24.3 Å². The average molecular weight is 218 g/mol. The normalized spacial score (nSPS) is 17.1. The summed E-state index contributed by atoms with van der Waals surface area (Å²) in [6.45, 7) is 6.50. The van der Waals surface area contributed by atoms with E-state index in [1.807, 2.05) is 18.2 Å². The van der Waals surface area contributed by atoms with Crippen LogP contribution in [-0.2, 0) is 10.2 Å². The minimum atomic E-state index is 0.0738. The molecule has 0 atom stereocenters. The summed E-state index contributed by atoms with van der Waals surface area (Å²) in [5.74, 6) is 1.23. The maximum absolute atomic E-state index is 10.9. The van der Waals surface area contributed by atoms with Gasteiger partial charge in [-0.15, -0.1) is 0 Å². The first-order valence-electron chi connectivity index (χ1n) is 5.74. The molecule has 0 N–H and O–H groups in total. The van der Waals surface area contributed by atoms with Crippen molar-refractivity contribution in [1.82, 2.24) is 0 Å². The Hall–Kier alpha value is -1.31. The third-order valence-electron chi connectivity index (χ3n) is 2.90. The van der Waals surface area contributed by atoms with Crippen molar-refractivity contribution in [2.45, 2.75) is 45.1 Å². The molecule has 1 aliphatic rings. The summed E-state index contributed by atoms with van der Waals surface area (Å²) in [5.41, 5.74) is 1.28. The quantitative estimate of drug-likeness (QED) is 0.762. The van der Waals surface area contributed by atoms with Crippen molar-refractivity contribution in [2.24, 2.45) is 0 Å². The number of benzene rings is 1. The number of Topliss-reactive ketones (excluding diaryl/α,β-unsaturated/α-hetero) is 1. The van der Waals surface area contributed by atoms with E-state index in [0.29, 0.717) is 18.6 Å². The lowest BCUT2D eigenvalue weighted by molar-refractivity contribution is -0.129. The molecule has 1 aliphatic carbocycles. The van der Waals surface area contributed by atoms with Gasteiger partial charge in [-0.25, -0.2) is 0 Å². The Morgan fingerprint density at radius 1 is 1.19 bits per heavy atom. The molecule has 1 fully saturated rings. The zero-order valence-electron chi connectivity index (χ0n) is 10.1. The topological polar surface area (TPSA) is 26.3 Å². The summed E-state index contributed by atoms with van der Waals surface area (Å²) in [4.78, 5) is 10.9. The van der Waals surface area contributed by atoms with Crippen LogP contribution in [0.5, 0.6) is 5.75 Å². The van der Waals surface area contributed by atoms with Crippen molar-refractivity contribution in [2.75, 3.05) is 0 Å². The van der Waals surface area contributed by atoms with Gasteiger partial charge in [0.2, 0.25) is 0 Å². The smallest absolute Gasteiger partial charge is 0.140 e. The van der Waals surface area contributed by atoms with Gasteiger partial charge in [0.05, 0.1) is 0 Å². The molecule has 1 aromatic rings. The molecule has 0 aliphatic heterocycles. The lowest BCUT2D eigenvalue weighted by Crippen LogP contribution is -2.34. The zero-order valence-corrected chi connectivity index (χ0v) is 10.1. The first-order chi connectivity index (χ1) is 7.47. The van der Waals surface area contributed by atoms with Crippen molar-refractivity contribution in [3.63, 3.8) is 0 Å². The second-order valence-electron chi connectivity index (χ2n) is 5.43. The average Bonchev–Trinajstić information content (AvgIpc) is 2.14. The summed E-state index contributed by atoms with van der Waals surface area (Å²) in [6.07, 6.45) is 1.23. The maximum atomic E-state index is 10.9. The summed E-state index contributed by atoms with van der Waals surface area (Å²) < 4.78 is 5.86. The summed E-state index contributed by atoms with van der Waals surface area (Å²) in [5, 5.41) is 0. The minimum absolute atomic E-state index is 0.0738. The van der Waals surface area contributed by atoms with E-state index in [4.69, 9.17) is 4.74 Å². The Kier molecular flexibility index (Phi) is 2.75. The highest BCUT2D eigenvalue weighted by molar-refractivity contribution is 5.85. The number of ether oxygens (including phenoxy) is 1. The third-order valence-corrected chi connectivity index (χ3v) is 2.90. The van der Waals surface area contributed by atoms with Crippen molar-refractivity contribution >= 4 is 5.78 Å². The van der Waals surface area contributed by atoms with E-state index in [-0.39, 0.29) is 11.5 Å². The highest BCUT2D eigenvalue weighted by Crippen LogP contribution is 2.33. The first-order valence-corrected chi connectivity index (χ1v) is 5.74. The molecule has 0 spiro atoms. The molecule has 0 amide bonds. The van der Waals surface area contributed by atoms with Crippen molar-refractivity contribution in [3.05, 3.63) is 29.8 Å². The predicted molar refractivity (Wildman–Crippen MR) is 63.8 cm³/mol. The van der Waals surface area contributed by atoms with Gasteiger partial charge in [0.1, 0.15) is 17.6 Å². The molecule has 1 aromatic carbocycles. The lowest BCUT2D eigenvalue weighted by Gasteiger charge is -2.29. The molecule has 2 heteroatoms. The van der Waals surface area contributed by atoms with Crippen LogP contribution in [0.4, 0.5) is 0 Å². The van der Waals surface area contributed by atoms with Gasteiger partial charge in [-0.2, -0.15) is 0 Å². The Labute approximate surface area is 96.6 Å². The number of ketones is 1. The summed E-state index contributed by atoms with van der Waals surface area (Å²) >= 11 is 0. The van der Waals surface area contributed by atoms with Crippen molar-refractivity contribution in [3.8, 4) is 5.75 Å². The zero-order chi connectivity index (χ0) is 11.8. The third kappa shape index (κ3) is 2.26. The standard InChI is InChI=1S/C14H18O2/c1-14(2,3)12-6-4-5-7-13(12)16-11-8-10(15)9-11/h4-7,11H,8-9H2,1-3H3. The fraction of sp³-hybridized carbons (Fsp3) is 0.500. The number of carbonyl (C=O) groups is 1. The Morgan fingerprint density at radius 3 is 2.38 bits per heavy atom. The fourth-order valence-corrected chi connectivity index (χ4v) is 1.90. The molecule has 0 unspecified atom stereocenters. The largest absolute Gasteiger partial charge is 0.489 e. The van der Waals surface area contributed by atoms with Gasteiger partial charge in [-0.05, 0) is 17.0 Å². The van der Waals surface area contributed by atoms with E-state index in [2.05, 4.69) is 26.8 Å². The summed E-state index contributed by atoms with van der Waals surface area (Å²) in [7, 11) is 0. The molecular formula is C14H18O2. The van der Waals surface area contributed by atoms with Crippen LogP contribution in [0, 0.1) is 0 Å². The van der Waals surface area contributed by atoms with Crippen LogP contribution >= 0.6 is 0 Å². The van der Waals surface area contributed by atoms with Crippen LogP contribution in [0.1, 0.15) is 39.2 Å². The number of hydrogen-bond donors (Lipinski definition) is 0. The summed E-state index contributed by atoms with van der Waals surface area (Å²) in [6, 6.07) is 8.09. The van der Waals surface area contributed by atoms with E-state index >= 15 is 0 Å². The van der Waals surface area contributed by atoms with Gasteiger partial charge in [0.15, 0.2) is 0 Å². The molecule has 2 rings (SSSR count). The van der Waals surface area contributed by atoms with Gasteiger partial charge < -0.3 is 4.74 Å². The van der Waals surface area contributed by atoms with Crippen LogP contribution in [0.3, 0.4) is 0 Å². The van der Waals surface area contributed by atoms with E-state index in [1.54, 1.807) is 0 Å². The van der Waals surface area contributed by atoms with Crippen LogP contribution in [-0.4, -0.2) is 11.9 Å². The molecule has 1 saturated carbocycles. The van der Waals surface area contributed by atoms with Gasteiger partial charge in [0.25, 0.3) is 0 Å². The van der Waals surface area contributed by atoms with E-state index in [9.17, 15) is 4.79 Å². The predicted octanol–water partition coefficient (Wildman–Crippen LogP) is 3.09. The molecule has 0 bridgehead atoms. The van der Waals surface area contributed by atoms with Crippen molar-refractivity contribution in [1.29, 1.82) is 0 Å². The number of para-hydroxylation sites is 1. The SMILES string of the molecule is CC(C)(C)c1ccccc1OC1CC(=O)C1. The second-order valence-corrected chi connectivity index (χ2v) is 5.43. The Morgan fingerprint density at radius 2 is 1.81 bits per heavy atom. The molecule has 16 heavy (non-hydrogen) atoms. The number of hydrogen-bond acceptors (Lipinski definition) is 2. The van der Waals surface area contributed by atoms with Gasteiger partial charge >= 0.3 is 0 Å². The molecule has 0 aromatic heterocycles. The van der Waals surface area contributed by atoms with Gasteiger partial charge in [-0.3, -0.25) is 4.79 Å². The minimum Gasteiger partial charge on any atom is -0.489 e. The number of carbonyl (C=O) groups excluding carboxylic acids is 1. The highest BCUT2D eigenvalue weighted by Gasteiger charge is 2.29. The van der Waals surface area contributed by atoms with Crippen LogP contribution in [0.2, 0.25) is 0 Å². The van der Waals surface area contributed by atoms with Gasteiger partial charge in [-0.1, -0.05) is 39.0 Å². The van der Waals surface area contributed by atoms with Crippen molar-refractivity contribution < 1.29 is 9.53 Å². The number of rotatable bonds is 2. The molecule has 86 valence electrons. The van der Waals surface area contributed by atoms with Gasteiger partial charge in [0, 0.05) is 12.8 Å². The van der Waals surface area contributed by atoms with E-state index in [1.165, 1.54) is 5.56 Å². The molecule has 0 heterocycles. The fourth-order valence-electron chi connectivity index (χ4n) is 1.90. The van der Waals surface area contributed by atoms with Crippen LogP contribution in [0.25, 0.3) is 0 Å². The maximum Gasteiger partial charge on any atom is 0.140 e. The van der Waals surface area contributed by atoms with E-state index in [0.717, 1.165) is 5.75 Å². The molecule has 0 saturated heterocycles. The van der Waals surface area contributed by atoms with E-state index < -0.39 is 0 Å². The molecular weight excluding hydrogens is 200 g/mol. The van der Waals surface area contributed by atoms with Crippen LogP contribution < -0.4 is 4.74 Å². The Bertz CT molecular complexity index is 393. The second kappa shape index (κ2) is 3.93. The lowest BCUT2D eigenvalue weighted by atomic mass is 9.86. The molecule has 2 nitrogen and oxygen atoms in total.